The number of nitrogens with zero attached hydrogens (tertiary/aromatic N) is 1. The van der Waals surface area contributed by atoms with Gasteiger partial charge in [-0.25, -0.2) is 12.8 Å². The van der Waals surface area contributed by atoms with Gasteiger partial charge >= 0.3 is 0 Å². The number of anilines is 3. The highest BCUT2D eigenvalue weighted by Gasteiger charge is 2.24. The molecule has 0 bridgehead atoms. The number of furan rings is 1. The summed E-state index contributed by atoms with van der Waals surface area (Å²) in [7, 11) is -3.92. The third-order valence-corrected chi connectivity index (χ3v) is 5.89. The van der Waals surface area contributed by atoms with Crippen LogP contribution in [0, 0.1) is 11.2 Å². The van der Waals surface area contributed by atoms with Gasteiger partial charge in [0, 0.05) is 11.4 Å². The lowest BCUT2D eigenvalue weighted by Crippen LogP contribution is -2.39. The minimum absolute atomic E-state index is 0.141. The quantitative estimate of drug-likeness (QED) is 0.590. The number of benzene rings is 2. The number of fused-ring (bicyclic) bond motifs is 1. The number of amidine groups is 1. The van der Waals surface area contributed by atoms with E-state index in [-0.39, 0.29) is 15.8 Å². The summed E-state index contributed by atoms with van der Waals surface area (Å²) in [6.07, 6.45) is 1.51. The molecule has 0 radical (unpaired) electrons. The van der Waals surface area contributed by atoms with Gasteiger partial charge in [-0.05, 0) is 48.5 Å². The zero-order valence-corrected chi connectivity index (χ0v) is 15.8. The Balaban J connectivity index is 1.54. The van der Waals surface area contributed by atoms with Crippen LogP contribution in [0.15, 0.2) is 64.1 Å². The van der Waals surface area contributed by atoms with E-state index in [1.54, 1.807) is 35.2 Å². The summed E-state index contributed by atoms with van der Waals surface area (Å²) >= 11 is 5.67. The Morgan fingerprint density at radius 2 is 1.93 bits per heavy atom. The van der Waals surface area contributed by atoms with E-state index in [1.165, 1.54) is 6.26 Å². The monoisotopic (exact) mass is 420 g/mol. The topological polar surface area (TPSA) is 98.4 Å². The first-order valence-corrected chi connectivity index (χ1v) is 9.97. The van der Waals surface area contributed by atoms with Crippen LogP contribution in [0.2, 0.25) is 5.02 Å². The Morgan fingerprint density at radius 1 is 1.18 bits per heavy atom. The summed E-state index contributed by atoms with van der Waals surface area (Å²) in [4.78, 5) is 1.58. The van der Waals surface area contributed by atoms with Crippen molar-refractivity contribution >= 4 is 44.7 Å². The molecule has 28 heavy (non-hydrogen) atoms. The molecule has 0 spiro atoms. The van der Waals surface area contributed by atoms with E-state index in [4.69, 9.17) is 21.4 Å². The molecule has 1 aliphatic rings. The average Bonchev–Trinajstić information content (AvgIpc) is 3.14. The van der Waals surface area contributed by atoms with Gasteiger partial charge < -0.3 is 14.6 Å². The molecule has 1 aromatic heterocycles. The van der Waals surface area contributed by atoms with Crippen molar-refractivity contribution in [3.63, 3.8) is 0 Å². The molecule has 1 aliphatic heterocycles. The largest absolute Gasteiger partial charge is 0.448 e. The van der Waals surface area contributed by atoms with Gasteiger partial charge in [-0.1, -0.05) is 11.6 Å². The van der Waals surface area contributed by atoms with Crippen molar-refractivity contribution in [1.29, 1.82) is 5.41 Å². The molecular weight excluding hydrogens is 407 g/mol. The third-order valence-electron chi connectivity index (χ3n) is 4.22. The fourth-order valence-electron chi connectivity index (χ4n) is 2.80. The predicted octanol–water partition coefficient (Wildman–Crippen LogP) is 4.09. The Bertz CT molecular complexity index is 1160. The van der Waals surface area contributed by atoms with E-state index in [1.807, 2.05) is 0 Å². The van der Waals surface area contributed by atoms with E-state index in [2.05, 4.69) is 10.0 Å². The molecule has 4 rings (SSSR count). The summed E-state index contributed by atoms with van der Waals surface area (Å²) in [5.74, 6) is 0.128. The minimum Gasteiger partial charge on any atom is -0.448 e. The van der Waals surface area contributed by atoms with Crippen LogP contribution in [-0.4, -0.2) is 20.9 Å². The third kappa shape index (κ3) is 3.30. The van der Waals surface area contributed by atoms with Crippen LogP contribution in [0.4, 0.5) is 21.6 Å². The summed E-state index contributed by atoms with van der Waals surface area (Å²) in [5.41, 5.74) is 1.67. The Hall–Kier alpha value is -3.04. The van der Waals surface area contributed by atoms with Crippen molar-refractivity contribution in [1.82, 2.24) is 0 Å². The van der Waals surface area contributed by atoms with Crippen LogP contribution >= 0.6 is 11.6 Å². The molecule has 0 unspecified atom stereocenters. The first-order chi connectivity index (χ1) is 13.3. The van der Waals surface area contributed by atoms with E-state index >= 15 is 0 Å². The van der Waals surface area contributed by atoms with Gasteiger partial charge in [-0.3, -0.25) is 10.1 Å². The SMILES string of the molecule is N=C1c2ccoc2NCN1c1ccc(NS(=O)(=O)c2ccc(F)c(Cl)c2)cc1. The zero-order chi connectivity index (χ0) is 19.9. The van der Waals surface area contributed by atoms with Crippen LogP contribution in [-0.2, 0) is 10.0 Å². The lowest BCUT2D eigenvalue weighted by atomic mass is 10.2. The number of halogens is 2. The van der Waals surface area contributed by atoms with E-state index in [0.717, 1.165) is 18.2 Å². The Morgan fingerprint density at radius 3 is 2.64 bits per heavy atom. The minimum atomic E-state index is -3.92. The summed E-state index contributed by atoms with van der Waals surface area (Å²) in [5, 5.41) is 11.1. The molecule has 0 saturated carbocycles. The average molecular weight is 421 g/mol. The number of nitrogens with one attached hydrogen (secondary N) is 3. The van der Waals surface area contributed by atoms with E-state index in [9.17, 15) is 12.8 Å². The maximum Gasteiger partial charge on any atom is 0.261 e. The van der Waals surface area contributed by atoms with Gasteiger partial charge in [0.05, 0.1) is 28.4 Å². The van der Waals surface area contributed by atoms with Crippen LogP contribution in [0.25, 0.3) is 0 Å². The Labute approximate surface area is 165 Å². The van der Waals surface area contributed by atoms with Gasteiger partial charge in [-0.2, -0.15) is 0 Å². The van der Waals surface area contributed by atoms with Crippen molar-refractivity contribution in [2.75, 3.05) is 21.6 Å². The van der Waals surface area contributed by atoms with Crippen LogP contribution < -0.4 is 14.9 Å². The standard InChI is InChI=1S/C18H14ClFN4O3S/c19-15-9-13(5-6-16(15)20)28(25,26)23-11-1-3-12(4-2-11)24-10-22-18-14(17(24)21)7-8-27-18/h1-9,21-23H,10H2. The predicted molar refractivity (Wildman–Crippen MR) is 105 cm³/mol. The molecule has 0 fully saturated rings. The lowest BCUT2D eigenvalue weighted by Gasteiger charge is -2.29. The van der Waals surface area contributed by atoms with Gasteiger partial charge in [0.1, 0.15) is 11.7 Å². The molecule has 0 amide bonds. The normalized spacial score (nSPS) is 13.8. The molecular formula is C18H14ClFN4O3S. The first kappa shape index (κ1) is 18.3. The summed E-state index contributed by atoms with van der Waals surface area (Å²) in [6.45, 7) is 0.346. The fourth-order valence-corrected chi connectivity index (χ4v) is 4.13. The second kappa shape index (κ2) is 6.84. The second-order valence-corrected chi connectivity index (χ2v) is 8.09. The highest BCUT2D eigenvalue weighted by atomic mass is 35.5. The van der Waals surface area contributed by atoms with Crippen molar-refractivity contribution in [2.24, 2.45) is 0 Å². The molecule has 0 atom stereocenters. The van der Waals surface area contributed by atoms with Crippen molar-refractivity contribution in [3.8, 4) is 0 Å². The molecule has 0 aliphatic carbocycles. The van der Waals surface area contributed by atoms with Crippen LogP contribution in [0.5, 0.6) is 0 Å². The van der Waals surface area contributed by atoms with Crippen molar-refractivity contribution in [3.05, 3.63) is 71.2 Å². The number of rotatable bonds is 4. The van der Waals surface area contributed by atoms with E-state index < -0.39 is 15.8 Å². The maximum atomic E-state index is 13.3. The molecule has 3 N–H and O–H groups in total. The number of sulfonamides is 1. The summed E-state index contributed by atoms with van der Waals surface area (Å²) < 4.78 is 45.8. The van der Waals surface area contributed by atoms with Gasteiger partial charge in [0.25, 0.3) is 10.0 Å². The maximum absolute atomic E-state index is 13.3. The van der Waals surface area contributed by atoms with E-state index in [0.29, 0.717) is 29.5 Å². The van der Waals surface area contributed by atoms with Crippen molar-refractivity contribution < 1.29 is 17.2 Å². The zero-order valence-electron chi connectivity index (χ0n) is 14.2. The van der Waals surface area contributed by atoms with Gasteiger partial charge in [0.15, 0.2) is 0 Å². The van der Waals surface area contributed by atoms with Crippen LogP contribution in [0.1, 0.15) is 5.56 Å². The highest BCUT2D eigenvalue weighted by Crippen LogP contribution is 2.28. The van der Waals surface area contributed by atoms with Gasteiger partial charge in [0.2, 0.25) is 5.88 Å². The van der Waals surface area contributed by atoms with Gasteiger partial charge in [-0.15, -0.1) is 0 Å². The molecule has 2 aromatic carbocycles. The number of hydrogen-bond donors (Lipinski definition) is 3. The summed E-state index contributed by atoms with van der Waals surface area (Å²) in [6, 6.07) is 11.4. The molecule has 10 heteroatoms. The molecule has 2 heterocycles. The number of hydrogen-bond acceptors (Lipinski definition) is 5. The smallest absolute Gasteiger partial charge is 0.261 e. The lowest BCUT2D eigenvalue weighted by molar-refractivity contribution is 0.577. The highest BCUT2D eigenvalue weighted by molar-refractivity contribution is 7.92. The molecule has 0 saturated heterocycles. The van der Waals surface area contributed by atoms with Crippen LogP contribution in [0.3, 0.4) is 0 Å². The molecule has 7 nitrogen and oxygen atoms in total. The van der Waals surface area contributed by atoms with Crippen molar-refractivity contribution in [2.45, 2.75) is 4.90 Å². The molecule has 144 valence electrons. The Kier molecular flexibility index (Phi) is 4.48. The fraction of sp³-hybridized carbons (Fsp3) is 0.0556. The second-order valence-electron chi connectivity index (χ2n) is 6.00. The first-order valence-electron chi connectivity index (χ1n) is 8.11. The molecule has 3 aromatic rings.